The maximum absolute atomic E-state index is 12.7. The molecule has 116 heavy (non-hydrogen) atoms. The summed E-state index contributed by atoms with van der Waals surface area (Å²) in [6.07, 6.45) is 5.99. The van der Waals surface area contributed by atoms with E-state index in [1.165, 1.54) is 12.1 Å². The minimum Gasteiger partial charge on any atom is -0.508 e. The Kier molecular flexibility index (Phi) is 37.4. The van der Waals surface area contributed by atoms with Gasteiger partial charge in [0.25, 0.3) is 0 Å². The minimum atomic E-state index is -0.999. The number of ether oxygens (including phenoxy) is 14. The second-order valence-electron chi connectivity index (χ2n) is 25.9. The Balaban J connectivity index is 0.000000333. The molecule has 2 N–H and O–H groups in total. The first-order valence-corrected chi connectivity index (χ1v) is 38.9. The number of aromatic hydroxyl groups is 2. The Morgan fingerprint density at radius 2 is 0.483 bits per heavy atom. The van der Waals surface area contributed by atoms with Crippen molar-refractivity contribution >= 4 is 159 Å². The van der Waals surface area contributed by atoms with E-state index in [9.17, 15) is 77.3 Å². The molecule has 0 fully saturated rings. The van der Waals surface area contributed by atoms with E-state index in [2.05, 4.69) is 31.9 Å². The van der Waals surface area contributed by atoms with E-state index in [-0.39, 0.29) is 36.7 Å². The molecule has 0 amide bonds. The van der Waals surface area contributed by atoms with Gasteiger partial charge in [0.2, 0.25) is 0 Å². The van der Waals surface area contributed by atoms with E-state index in [1.807, 2.05) is 0 Å². The van der Waals surface area contributed by atoms with Gasteiger partial charge in [0.05, 0.1) is 23.7 Å². The molecule has 4 atom stereocenters. The molecule has 0 aliphatic carbocycles. The predicted molar refractivity (Wildman–Crippen MR) is 420 cm³/mol. The van der Waals surface area contributed by atoms with Crippen LogP contribution in [-0.2, 0) is 124 Å². The van der Waals surface area contributed by atoms with Gasteiger partial charge in [0.15, 0.2) is 52.9 Å². The maximum Gasteiger partial charge on any atom is 0.344 e. The predicted octanol–water partition coefficient (Wildman–Crippen LogP) is 11.5. The quantitative estimate of drug-likeness (QED) is 0.0118. The Hall–Kier alpha value is -12.1. The van der Waals surface area contributed by atoms with Crippen molar-refractivity contribution in [2.24, 2.45) is 0 Å². The molecule has 0 radical (unpaired) electrons. The molecule has 0 spiro atoms. The van der Waals surface area contributed by atoms with E-state index in [0.29, 0.717) is 46.6 Å². The van der Waals surface area contributed by atoms with Crippen molar-refractivity contribution < 1.29 is 144 Å². The third kappa shape index (κ3) is 31.4. The molecule has 0 heterocycles. The Bertz CT molecular complexity index is 4530. The number of esters is 14. The summed E-state index contributed by atoms with van der Waals surface area (Å²) in [7, 11) is 0. The number of rotatable bonds is 42. The van der Waals surface area contributed by atoms with Gasteiger partial charge in [-0.25, -0.2) is 38.4 Å². The number of hydrogen-bond donors (Lipinski definition) is 2. The first-order valence-electron chi connectivity index (χ1n) is 36.6. The van der Waals surface area contributed by atoms with Crippen molar-refractivity contribution in [3.8, 4) is 23.0 Å². The second-order valence-corrected chi connectivity index (χ2v) is 27.5. The zero-order valence-corrected chi connectivity index (χ0v) is 67.0. The molecule has 0 saturated heterocycles. The number of carbonyl (C=O) groups is 14. The average molecular weight is 1740 g/mol. The highest BCUT2D eigenvalue weighted by atomic mass is 79.9. The van der Waals surface area contributed by atoms with Crippen molar-refractivity contribution in [2.45, 2.75) is 103 Å². The number of halogens is 2. The maximum atomic E-state index is 12.7. The molecule has 0 aliphatic heterocycles. The number of fused-ring (bicyclic) bond motifs is 4. The van der Waals surface area contributed by atoms with Gasteiger partial charge in [0.1, 0.15) is 49.4 Å². The van der Waals surface area contributed by atoms with Gasteiger partial charge < -0.3 is 76.5 Å². The summed E-state index contributed by atoms with van der Waals surface area (Å²) in [6.45, 7) is -1.31. The summed E-state index contributed by atoms with van der Waals surface area (Å²) < 4.78 is 69.4. The third-order valence-electron chi connectivity index (χ3n) is 17.2. The van der Waals surface area contributed by atoms with Gasteiger partial charge in [-0.2, -0.15) is 0 Å². The molecule has 0 aromatic heterocycles. The molecule has 8 rings (SSSR count). The number of unbranched alkanes of at least 4 members (excludes halogenated alkanes) is 4. The lowest BCUT2D eigenvalue weighted by molar-refractivity contribution is -0.168. The highest BCUT2D eigenvalue weighted by Gasteiger charge is 2.25. The second kappa shape index (κ2) is 47.6. The molecule has 0 aliphatic rings. The van der Waals surface area contributed by atoms with Crippen molar-refractivity contribution in [1.82, 2.24) is 0 Å². The van der Waals surface area contributed by atoms with Crippen LogP contribution in [0.25, 0.3) is 43.1 Å². The number of alkyl halides is 2. The molecule has 8 aromatic rings. The lowest BCUT2D eigenvalue weighted by Gasteiger charge is -2.13. The van der Waals surface area contributed by atoms with E-state index < -0.39 is 161 Å². The Labute approximate surface area is 682 Å². The van der Waals surface area contributed by atoms with Gasteiger partial charge in [-0.1, -0.05) is 142 Å². The average Bonchev–Trinajstić information content (AvgIpc) is 0.837. The summed E-state index contributed by atoms with van der Waals surface area (Å²) in [5.74, 6) is -13.0. The first-order chi connectivity index (χ1) is 55.6. The summed E-state index contributed by atoms with van der Waals surface area (Å²) in [4.78, 5) is 170. The monoisotopic (exact) mass is 1730 g/mol. The number of hydrogen-bond acceptors (Lipinski definition) is 30. The van der Waals surface area contributed by atoms with Gasteiger partial charge >= 0.3 is 83.6 Å². The molecule has 4 unspecified atom stereocenters. The van der Waals surface area contributed by atoms with Crippen LogP contribution in [0.5, 0.6) is 23.0 Å². The minimum absolute atomic E-state index is 0.118. The smallest absolute Gasteiger partial charge is 0.344 e. The van der Waals surface area contributed by atoms with Crippen LogP contribution in [0, 0.1) is 0 Å². The fourth-order valence-corrected chi connectivity index (χ4v) is 11.5. The summed E-state index contributed by atoms with van der Waals surface area (Å²) >= 11 is 6.74. The Morgan fingerprint density at radius 1 is 0.259 bits per heavy atom. The number of phenolic OH excluding ortho intramolecular Hbond substituents is 2. The van der Waals surface area contributed by atoms with Gasteiger partial charge in [-0.15, -0.1) is 0 Å². The zero-order chi connectivity index (χ0) is 84.1. The zero-order valence-electron chi connectivity index (χ0n) is 63.8. The number of benzene rings is 8. The van der Waals surface area contributed by atoms with Crippen LogP contribution < -0.4 is 9.47 Å². The highest BCUT2D eigenvalue weighted by Crippen LogP contribution is 2.31. The Morgan fingerprint density at radius 3 is 0.750 bits per heavy atom. The van der Waals surface area contributed by atoms with Crippen LogP contribution in [0.2, 0.25) is 0 Å². The van der Waals surface area contributed by atoms with Crippen molar-refractivity contribution in [3.63, 3.8) is 0 Å². The number of phenols is 2. The molecular weight excluding hydrogens is 1650 g/mol. The van der Waals surface area contributed by atoms with Crippen LogP contribution in [0.15, 0.2) is 146 Å². The van der Waals surface area contributed by atoms with E-state index >= 15 is 0 Å². The largest absolute Gasteiger partial charge is 0.508 e. The third-order valence-corrected chi connectivity index (χ3v) is 18.3. The first kappa shape index (κ1) is 91.1. The van der Waals surface area contributed by atoms with Crippen LogP contribution in [0.3, 0.4) is 0 Å². The van der Waals surface area contributed by atoms with Crippen LogP contribution in [0.4, 0.5) is 0 Å². The fraction of sp³-hybridized carbons (Fsp3) is 0.357. The molecular formula is C84H86Br2O30. The van der Waals surface area contributed by atoms with Crippen molar-refractivity contribution in [1.29, 1.82) is 0 Å². The normalized spacial score (nSPS) is 11.8. The SMILES string of the molecule is CC(C(=O)OCC(=O)OCC(=O)OCCOC(=O)COC(=O)COC(=O)C(C)c1ccc2cc(O)ccc2c1)c1ccc2cc(O)ccc2c1.CC(C(=O)OCC(=O)OCC(=O)OCCOC(=O)COC(=O)COC(=O)C(C)c1ccc2cc(OC(=O)CCCCCBr)ccc2c1)c1ccc2cc(OC(=O)CCCCCBr)ccc2c1. The molecule has 30 nitrogen and oxygen atoms in total. The molecule has 0 saturated carbocycles. The molecule has 0 bridgehead atoms. The lowest BCUT2D eigenvalue weighted by Crippen LogP contribution is -2.25. The van der Waals surface area contributed by atoms with E-state index in [4.69, 9.17) is 66.3 Å². The molecule has 32 heteroatoms. The van der Waals surface area contributed by atoms with Crippen LogP contribution in [0.1, 0.15) is 125 Å². The summed E-state index contributed by atoms with van der Waals surface area (Å²) in [5, 5.41) is 27.3. The fourth-order valence-electron chi connectivity index (χ4n) is 10.7. The molecule has 8 aromatic carbocycles. The number of carbonyl (C=O) groups excluding carboxylic acids is 14. The highest BCUT2D eigenvalue weighted by molar-refractivity contribution is 9.09. The van der Waals surface area contributed by atoms with E-state index in [1.54, 1.807) is 161 Å². The van der Waals surface area contributed by atoms with E-state index in [0.717, 1.165) is 92.3 Å². The molecule has 616 valence electrons. The topological polar surface area (TPSA) is 409 Å². The van der Waals surface area contributed by atoms with Crippen LogP contribution in [-0.4, -0.2) is 184 Å². The van der Waals surface area contributed by atoms with Gasteiger partial charge in [-0.3, -0.25) is 28.8 Å². The lowest BCUT2D eigenvalue weighted by atomic mass is 9.98. The summed E-state index contributed by atoms with van der Waals surface area (Å²) in [5.41, 5.74) is 2.51. The summed E-state index contributed by atoms with van der Waals surface area (Å²) in [6, 6.07) is 41.0. The van der Waals surface area contributed by atoms with Crippen molar-refractivity contribution in [3.05, 3.63) is 168 Å². The van der Waals surface area contributed by atoms with Crippen molar-refractivity contribution in [2.75, 3.05) is 89.9 Å². The van der Waals surface area contributed by atoms with Gasteiger partial charge in [-0.05, 0) is 167 Å². The van der Waals surface area contributed by atoms with Gasteiger partial charge in [0, 0.05) is 23.5 Å². The van der Waals surface area contributed by atoms with Crippen LogP contribution >= 0.6 is 31.9 Å². The standard InChI is InChI=1S/C48H52Br2O16.C36H34O14/c1-31(33-11-13-37-25-39(17-15-35(37)23-33)65-41(51)9-5-3-7-19-49)47(57)63-29-45(55)61-27-43(53)59-21-22-60-44(54)28-62-46(56)30-64-48(58)32(2)34-12-14-38-26-40(18-16-36(38)24-34)66-42(52)10-6-4-8-20-50;1-21(23-3-5-27-15-29(37)9-7-25(27)13-23)35(43)49-19-33(41)47-17-31(39)45-11-12-46-32(40)18-48-34(42)20-50-36(44)22(2)24-4-6-28-16-30(38)10-8-26(28)14-24/h11-18,23-26,31-32H,3-10,19-22,27-30H2,1-2H3;3-10,13-16,21-22,37-38H,11-12,17-20H2,1-2H3.